The molecule has 37 heavy (non-hydrogen) atoms. The third kappa shape index (κ3) is 5.82. The van der Waals surface area contributed by atoms with Crippen LogP contribution in [0.1, 0.15) is 32.9 Å². The van der Waals surface area contributed by atoms with Crippen molar-refractivity contribution in [3.63, 3.8) is 0 Å². The molecule has 4 rings (SSSR count). The molecule has 0 bridgehead atoms. The summed E-state index contributed by atoms with van der Waals surface area (Å²) in [5, 5.41) is 24.2. The molecule has 4 aromatic rings. The van der Waals surface area contributed by atoms with Gasteiger partial charge in [-0.1, -0.05) is 24.3 Å². The Kier molecular flexibility index (Phi) is 7.59. The van der Waals surface area contributed by atoms with Gasteiger partial charge >= 0.3 is 0 Å². The zero-order valence-electron chi connectivity index (χ0n) is 20.6. The molecular formula is C29H26N2O6. The minimum atomic E-state index is -0.309. The van der Waals surface area contributed by atoms with Crippen molar-refractivity contribution in [1.29, 1.82) is 0 Å². The average Bonchev–Trinajstić information content (AvgIpc) is 3.34. The summed E-state index contributed by atoms with van der Waals surface area (Å²) in [5.41, 5.74) is 3.11. The van der Waals surface area contributed by atoms with Gasteiger partial charge in [-0.25, -0.2) is 0 Å². The number of nitrogens with zero attached hydrogens (tertiary/aromatic N) is 2. The van der Waals surface area contributed by atoms with Crippen LogP contribution in [-0.4, -0.2) is 47.2 Å². The van der Waals surface area contributed by atoms with Gasteiger partial charge < -0.3 is 24.4 Å². The van der Waals surface area contributed by atoms with Crippen molar-refractivity contribution in [1.82, 2.24) is 9.78 Å². The van der Waals surface area contributed by atoms with Crippen LogP contribution in [0.25, 0.3) is 24.3 Å². The fourth-order valence-corrected chi connectivity index (χ4v) is 3.59. The minimum Gasteiger partial charge on any atom is -0.504 e. The second-order valence-electron chi connectivity index (χ2n) is 7.97. The Bertz CT molecular complexity index is 1470. The molecule has 0 saturated heterocycles. The molecule has 0 atom stereocenters. The number of benzene rings is 3. The highest BCUT2D eigenvalue weighted by molar-refractivity contribution is 5.97. The van der Waals surface area contributed by atoms with Crippen LogP contribution in [0.3, 0.4) is 0 Å². The van der Waals surface area contributed by atoms with E-state index in [4.69, 9.17) is 14.2 Å². The summed E-state index contributed by atoms with van der Waals surface area (Å²) in [6.45, 7) is 0. The number of carbonyl (C=O) groups is 1. The third-order valence-electron chi connectivity index (χ3n) is 5.59. The predicted octanol–water partition coefficient (Wildman–Crippen LogP) is 5.35. The molecule has 1 heterocycles. The summed E-state index contributed by atoms with van der Waals surface area (Å²) in [6.07, 6.45) is 7.14. The van der Waals surface area contributed by atoms with Crippen LogP contribution in [0, 0.1) is 0 Å². The van der Waals surface area contributed by atoms with E-state index in [0.717, 1.165) is 11.1 Å². The Labute approximate surface area is 214 Å². The maximum Gasteiger partial charge on any atom is 0.278 e. The lowest BCUT2D eigenvalue weighted by molar-refractivity contribution is 0.0944. The number of hydrogen-bond donors (Lipinski definition) is 2. The average molecular weight is 499 g/mol. The molecule has 3 aromatic carbocycles. The number of hydrogen-bond acceptors (Lipinski definition) is 7. The lowest BCUT2D eigenvalue weighted by atomic mass is 10.1. The van der Waals surface area contributed by atoms with E-state index in [0.29, 0.717) is 34.2 Å². The van der Waals surface area contributed by atoms with E-state index in [1.54, 1.807) is 92.1 Å². The van der Waals surface area contributed by atoms with Crippen molar-refractivity contribution in [3.8, 4) is 28.7 Å². The van der Waals surface area contributed by atoms with Gasteiger partial charge in [-0.15, -0.1) is 0 Å². The molecule has 2 N–H and O–H groups in total. The number of ether oxygens (including phenoxy) is 3. The van der Waals surface area contributed by atoms with Crippen molar-refractivity contribution in [3.05, 3.63) is 94.8 Å². The number of aromatic nitrogens is 2. The molecule has 0 aliphatic heterocycles. The van der Waals surface area contributed by atoms with Crippen LogP contribution in [0.15, 0.2) is 66.7 Å². The summed E-state index contributed by atoms with van der Waals surface area (Å²) >= 11 is 0. The molecule has 1 aromatic heterocycles. The highest BCUT2D eigenvalue weighted by Crippen LogP contribution is 2.28. The van der Waals surface area contributed by atoms with Gasteiger partial charge in [0.15, 0.2) is 23.0 Å². The fraction of sp³-hybridized carbons (Fsp3) is 0.103. The Hall–Kier alpha value is -4.98. The zero-order valence-corrected chi connectivity index (χ0v) is 20.6. The Morgan fingerprint density at radius 2 is 1.30 bits per heavy atom. The highest BCUT2D eigenvalue weighted by atomic mass is 16.5. The van der Waals surface area contributed by atoms with E-state index in [1.807, 2.05) is 6.08 Å². The minimum absolute atomic E-state index is 0.0395. The summed E-state index contributed by atoms with van der Waals surface area (Å²) in [6, 6.07) is 18.5. The second kappa shape index (κ2) is 11.2. The van der Waals surface area contributed by atoms with Gasteiger partial charge in [0.05, 0.1) is 32.7 Å². The van der Waals surface area contributed by atoms with Crippen LogP contribution < -0.4 is 14.2 Å². The smallest absolute Gasteiger partial charge is 0.278 e. The fourth-order valence-electron chi connectivity index (χ4n) is 3.59. The molecule has 0 fully saturated rings. The van der Waals surface area contributed by atoms with Gasteiger partial charge in [-0.2, -0.15) is 9.78 Å². The van der Waals surface area contributed by atoms with Crippen LogP contribution in [0.2, 0.25) is 0 Å². The van der Waals surface area contributed by atoms with E-state index in [1.165, 1.54) is 18.9 Å². The van der Waals surface area contributed by atoms with Crippen molar-refractivity contribution < 1.29 is 29.2 Å². The summed E-state index contributed by atoms with van der Waals surface area (Å²) in [4.78, 5) is 13.3. The van der Waals surface area contributed by atoms with Crippen molar-refractivity contribution in [2.75, 3.05) is 21.3 Å². The SMILES string of the molecule is COc1ccc(C(=O)n2nc(C=Cc3ccc(O)c(OC)c3)cc2C=Cc2ccc(O)c(OC)c2)cc1. The molecule has 0 radical (unpaired) electrons. The summed E-state index contributed by atoms with van der Waals surface area (Å²) < 4.78 is 16.9. The van der Waals surface area contributed by atoms with E-state index in [9.17, 15) is 15.0 Å². The first kappa shape index (κ1) is 25.1. The van der Waals surface area contributed by atoms with Crippen LogP contribution in [-0.2, 0) is 0 Å². The topological polar surface area (TPSA) is 103 Å². The number of phenolic OH excluding ortho intramolecular Hbond substituents is 2. The first-order chi connectivity index (χ1) is 17.9. The summed E-state index contributed by atoms with van der Waals surface area (Å²) in [5.74, 6) is 1.13. The number of rotatable bonds is 8. The van der Waals surface area contributed by atoms with Crippen molar-refractivity contribution in [2.45, 2.75) is 0 Å². The molecule has 0 unspecified atom stereocenters. The van der Waals surface area contributed by atoms with Gasteiger partial charge in [-0.05, 0) is 77.9 Å². The first-order valence-electron chi connectivity index (χ1n) is 11.3. The number of phenols is 2. The molecular weight excluding hydrogens is 472 g/mol. The first-order valence-corrected chi connectivity index (χ1v) is 11.3. The zero-order chi connectivity index (χ0) is 26.4. The lowest BCUT2D eigenvalue weighted by Gasteiger charge is -2.06. The molecule has 8 heteroatoms. The van der Waals surface area contributed by atoms with Gasteiger partial charge in [-0.3, -0.25) is 4.79 Å². The molecule has 0 aliphatic carbocycles. The molecule has 0 saturated carbocycles. The van der Waals surface area contributed by atoms with E-state index in [-0.39, 0.29) is 17.4 Å². The van der Waals surface area contributed by atoms with Crippen molar-refractivity contribution in [2.24, 2.45) is 0 Å². The van der Waals surface area contributed by atoms with Crippen LogP contribution >= 0.6 is 0 Å². The standard InChI is InChI=1S/C29H26N2O6/c1-35-24-12-8-21(9-13-24)29(34)31-23(11-5-20-7-15-26(33)28(17-20)37-3)18-22(30-31)10-4-19-6-14-25(32)27(16-19)36-2/h4-18,32-33H,1-3H3. The maximum atomic E-state index is 13.3. The van der Waals surface area contributed by atoms with Gasteiger partial charge in [0.25, 0.3) is 5.91 Å². The number of carbonyl (C=O) groups excluding carboxylic acids is 1. The highest BCUT2D eigenvalue weighted by Gasteiger charge is 2.15. The quantitative estimate of drug-likeness (QED) is 0.338. The van der Waals surface area contributed by atoms with E-state index < -0.39 is 0 Å². The van der Waals surface area contributed by atoms with Gasteiger partial charge in [0.2, 0.25) is 0 Å². The summed E-state index contributed by atoms with van der Waals surface area (Å²) in [7, 11) is 4.53. The third-order valence-corrected chi connectivity index (χ3v) is 5.59. The Morgan fingerprint density at radius 1 is 0.730 bits per heavy atom. The number of methoxy groups -OCH3 is 3. The van der Waals surface area contributed by atoms with Crippen LogP contribution in [0.4, 0.5) is 0 Å². The Balaban J connectivity index is 1.70. The second-order valence-corrected chi connectivity index (χ2v) is 7.97. The van der Waals surface area contributed by atoms with Crippen LogP contribution in [0.5, 0.6) is 28.7 Å². The lowest BCUT2D eigenvalue weighted by Crippen LogP contribution is -2.15. The molecule has 188 valence electrons. The molecule has 0 spiro atoms. The molecule has 8 nitrogen and oxygen atoms in total. The van der Waals surface area contributed by atoms with Gasteiger partial charge in [0.1, 0.15) is 5.75 Å². The van der Waals surface area contributed by atoms with E-state index >= 15 is 0 Å². The number of aromatic hydroxyl groups is 2. The molecule has 0 aliphatic rings. The molecule has 0 amide bonds. The largest absolute Gasteiger partial charge is 0.504 e. The maximum absolute atomic E-state index is 13.3. The van der Waals surface area contributed by atoms with Gasteiger partial charge in [0, 0.05) is 5.56 Å². The monoisotopic (exact) mass is 498 g/mol. The van der Waals surface area contributed by atoms with E-state index in [2.05, 4.69) is 5.10 Å². The predicted molar refractivity (Wildman–Crippen MR) is 142 cm³/mol. The normalized spacial score (nSPS) is 11.2. The Morgan fingerprint density at radius 3 is 1.84 bits per heavy atom. The van der Waals surface area contributed by atoms with Crippen molar-refractivity contribution >= 4 is 30.2 Å².